The molecule has 42 heavy (non-hydrogen) atoms. The van der Waals surface area contributed by atoms with Gasteiger partial charge in [0.1, 0.15) is 0 Å². The molecule has 0 spiro atoms. The van der Waals surface area contributed by atoms with E-state index in [1.54, 1.807) is 0 Å². The minimum Gasteiger partial charge on any atom is -0.378 e. The molecule has 2 atom stereocenters. The lowest BCUT2D eigenvalue weighted by Crippen LogP contribution is -2.38. The Hall–Kier alpha value is -3.10. The zero-order chi connectivity index (χ0) is 30.3. The Bertz CT molecular complexity index is 1370. The number of hydrogen-bond acceptors (Lipinski definition) is 12. The van der Waals surface area contributed by atoms with E-state index in [-0.39, 0.29) is 64.8 Å². The summed E-state index contributed by atoms with van der Waals surface area (Å²) in [7, 11) is -8.41. The molecular formula is C24H30N4O12S2. The Morgan fingerprint density at radius 2 is 1.05 bits per heavy atom. The van der Waals surface area contributed by atoms with Crippen molar-refractivity contribution in [2.24, 2.45) is 0 Å². The van der Waals surface area contributed by atoms with Crippen LogP contribution in [0.3, 0.4) is 0 Å². The second kappa shape index (κ2) is 13.9. The fourth-order valence-corrected chi connectivity index (χ4v) is 7.23. The maximum atomic E-state index is 13.2. The summed E-state index contributed by atoms with van der Waals surface area (Å²) in [6, 6.07) is 10.2. The van der Waals surface area contributed by atoms with Crippen molar-refractivity contribution >= 4 is 31.4 Å². The number of epoxide rings is 2. The van der Waals surface area contributed by atoms with Gasteiger partial charge in [-0.3, -0.25) is 20.2 Å². The molecule has 2 aromatic rings. The summed E-state index contributed by atoms with van der Waals surface area (Å²) < 4.78 is 76.3. The van der Waals surface area contributed by atoms with Crippen molar-refractivity contribution in [1.82, 2.24) is 8.61 Å². The van der Waals surface area contributed by atoms with Gasteiger partial charge in [0.2, 0.25) is 20.0 Å². The first-order valence-corrected chi connectivity index (χ1v) is 15.8. The van der Waals surface area contributed by atoms with E-state index in [1.807, 2.05) is 0 Å². The van der Waals surface area contributed by atoms with Crippen molar-refractivity contribution in [1.29, 1.82) is 0 Å². The van der Waals surface area contributed by atoms with Crippen molar-refractivity contribution in [3.05, 3.63) is 68.8 Å². The van der Waals surface area contributed by atoms with Crippen LogP contribution in [0.2, 0.25) is 0 Å². The maximum Gasteiger partial charge on any atom is 0.289 e. The lowest BCUT2D eigenvalue weighted by atomic mass is 10.3. The lowest BCUT2D eigenvalue weighted by molar-refractivity contribution is -0.388. The number of ether oxygens (including phenoxy) is 4. The van der Waals surface area contributed by atoms with Crippen LogP contribution >= 0.6 is 0 Å². The lowest BCUT2D eigenvalue weighted by Gasteiger charge is -2.22. The summed E-state index contributed by atoms with van der Waals surface area (Å²) >= 11 is 0. The van der Waals surface area contributed by atoms with Gasteiger partial charge >= 0.3 is 0 Å². The van der Waals surface area contributed by atoms with Crippen LogP contribution in [0, 0.1) is 20.2 Å². The SMILES string of the molecule is O=[N+]([O-])c1ccccc1S(=O)(=O)N(CCOCCOCCN(CC1CO1)S(=O)(=O)c1ccccc1[N+](=O)[O-])CC1CO1. The molecular weight excluding hydrogens is 600 g/mol. The van der Waals surface area contributed by atoms with Crippen molar-refractivity contribution in [3.8, 4) is 0 Å². The summed E-state index contributed by atoms with van der Waals surface area (Å²) in [6.07, 6.45) is -0.605. The van der Waals surface area contributed by atoms with E-state index in [0.717, 1.165) is 20.7 Å². The predicted octanol–water partition coefficient (Wildman–Crippen LogP) is 1.02. The molecule has 0 bridgehead atoms. The molecule has 2 aliphatic heterocycles. The summed E-state index contributed by atoms with van der Waals surface area (Å²) in [4.78, 5) is 20.4. The molecule has 2 aromatic carbocycles. The number of nitro groups is 2. The number of nitro benzene ring substituents is 2. The average Bonchev–Trinajstić information content (AvgIpc) is 3.89. The van der Waals surface area contributed by atoms with Crippen molar-refractivity contribution in [2.75, 3.05) is 65.8 Å². The summed E-state index contributed by atoms with van der Waals surface area (Å²) in [5.74, 6) is 0. The van der Waals surface area contributed by atoms with Crippen molar-refractivity contribution in [3.63, 3.8) is 0 Å². The van der Waals surface area contributed by atoms with Gasteiger partial charge in [0.15, 0.2) is 9.79 Å². The Morgan fingerprint density at radius 1 is 0.690 bits per heavy atom. The molecule has 16 nitrogen and oxygen atoms in total. The number of sulfonamides is 2. The highest BCUT2D eigenvalue weighted by Crippen LogP contribution is 2.29. The number of rotatable bonds is 19. The topological polar surface area (TPSA) is 205 Å². The standard InChI is InChI=1S/C24H30N4O12S2/c29-27(30)21-5-1-3-7-23(21)41(33,34)25(15-19-17-39-19)9-11-37-13-14-38-12-10-26(16-20-18-40-20)42(35,36)24-8-4-2-6-22(24)28(31)32/h1-8,19-20H,9-18H2. The van der Waals surface area contributed by atoms with Crippen LogP contribution in [-0.4, -0.2) is 113 Å². The summed E-state index contributed by atoms with van der Waals surface area (Å²) in [5, 5.41) is 22.7. The first-order chi connectivity index (χ1) is 20.0. The molecule has 18 heteroatoms. The second-order valence-electron chi connectivity index (χ2n) is 9.31. The molecule has 2 saturated heterocycles. The van der Waals surface area contributed by atoms with Gasteiger partial charge in [-0.2, -0.15) is 8.61 Å². The molecule has 0 saturated carbocycles. The molecule has 2 fully saturated rings. The van der Waals surface area contributed by atoms with Crippen LogP contribution in [0.4, 0.5) is 11.4 Å². The smallest absolute Gasteiger partial charge is 0.289 e. The highest BCUT2D eigenvalue weighted by atomic mass is 32.2. The third-order valence-electron chi connectivity index (χ3n) is 6.32. The van der Waals surface area contributed by atoms with Crippen LogP contribution in [-0.2, 0) is 39.0 Å². The zero-order valence-corrected chi connectivity index (χ0v) is 24.0. The number of para-hydroxylation sites is 2. The summed E-state index contributed by atoms with van der Waals surface area (Å²) in [5.41, 5.74) is -1.06. The average molecular weight is 631 g/mol. The van der Waals surface area contributed by atoms with Gasteiger partial charge in [-0.15, -0.1) is 0 Å². The van der Waals surface area contributed by atoms with Gasteiger partial charge in [0.05, 0.1) is 61.7 Å². The number of hydrogen-bond donors (Lipinski definition) is 0. The largest absolute Gasteiger partial charge is 0.378 e. The van der Waals surface area contributed by atoms with E-state index in [0.29, 0.717) is 13.2 Å². The molecule has 0 N–H and O–H groups in total. The Labute approximate surface area is 242 Å². The van der Waals surface area contributed by atoms with Crippen LogP contribution in [0.25, 0.3) is 0 Å². The third-order valence-corrected chi connectivity index (χ3v) is 10.1. The van der Waals surface area contributed by atoms with Crippen LogP contribution < -0.4 is 0 Å². The van der Waals surface area contributed by atoms with Gasteiger partial charge in [-0.05, 0) is 12.1 Å². The van der Waals surface area contributed by atoms with Gasteiger partial charge in [0, 0.05) is 38.3 Å². The van der Waals surface area contributed by atoms with Crippen molar-refractivity contribution in [2.45, 2.75) is 22.0 Å². The van der Waals surface area contributed by atoms with E-state index < -0.39 is 51.1 Å². The maximum absolute atomic E-state index is 13.2. The van der Waals surface area contributed by atoms with Crippen LogP contribution in [0.15, 0.2) is 58.3 Å². The quantitative estimate of drug-likeness (QED) is 0.0923. The fraction of sp³-hybridized carbons (Fsp3) is 0.500. The molecule has 4 rings (SSSR count). The highest BCUT2D eigenvalue weighted by molar-refractivity contribution is 7.89. The van der Waals surface area contributed by atoms with Crippen LogP contribution in [0.1, 0.15) is 0 Å². The van der Waals surface area contributed by atoms with Crippen LogP contribution in [0.5, 0.6) is 0 Å². The summed E-state index contributed by atoms with van der Waals surface area (Å²) in [6.45, 7) is 0.675. The molecule has 2 unspecified atom stereocenters. The molecule has 2 heterocycles. The first kappa shape index (κ1) is 31.8. The normalized spacial score (nSPS) is 18.3. The molecule has 230 valence electrons. The van der Waals surface area contributed by atoms with Gasteiger partial charge in [-0.25, -0.2) is 16.8 Å². The van der Waals surface area contributed by atoms with E-state index in [9.17, 15) is 37.1 Å². The molecule has 0 radical (unpaired) electrons. The van der Waals surface area contributed by atoms with Crippen molar-refractivity contribution < 1.29 is 45.6 Å². The van der Waals surface area contributed by atoms with E-state index in [2.05, 4.69) is 0 Å². The third kappa shape index (κ3) is 8.26. The molecule has 0 aromatic heterocycles. The van der Waals surface area contributed by atoms with E-state index >= 15 is 0 Å². The number of benzene rings is 2. The Kier molecular flexibility index (Phi) is 10.5. The minimum atomic E-state index is -4.21. The van der Waals surface area contributed by atoms with E-state index in [1.165, 1.54) is 36.4 Å². The van der Waals surface area contributed by atoms with E-state index in [4.69, 9.17) is 18.9 Å². The van der Waals surface area contributed by atoms with Gasteiger partial charge in [0.25, 0.3) is 11.4 Å². The Balaban J connectivity index is 1.26. The molecule has 0 aliphatic carbocycles. The zero-order valence-electron chi connectivity index (χ0n) is 22.3. The second-order valence-corrected chi connectivity index (χ2v) is 13.1. The first-order valence-electron chi connectivity index (χ1n) is 12.9. The molecule has 2 aliphatic rings. The monoisotopic (exact) mass is 630 g/mol. The molecule has 0 amide bonds. The fourth-order valence-electron chi connectivity index (χ4n) is 4.01. The highest BCUT2D eigenvalue weighted by Gasteiger charge is 2.37. The number of nitrogens with zero attached hydrogens (tertiary/aromatic N) is 4. The van der Waals surface area contributed by atoms with Gasteiger partial charge < -0.3 is 18.9 Å². The predicted molar refractivity (Wildman–Crippen MR) is 145 cm³/mol. The van der Waals surface area contributed by atoms with Gasteiger partial charge in [-0.1, -0.05) is 24.3 Å². The Morgan fingerprint density at radius 3 is 1.38 bits per heavy atom. The minimum absolute atomic E-state index is 0.0167.